The molecule has 3 nitrogen and oxygen atoms in total. The van der Waals surface area contributed by atoms with Crippen molar-refractivity contribution in [2.24, 2.45) is 0 Å². The molecule has 0 spiro atoms. The van der Waals surface area contributed by atoms with Crippen molar-refractivity contribution in [2.45, 2.75) is 26.8 Å². The fraction of sp³-hybridized carbons (Fsp3) is 0.222. The van der Waals surface area contributed by atoms with Crippen molar-refractivity contribution in [3.05, 3.63) is 62.9 Å². The number of rotatable bonds is 4. The molecule has 0 radical (unpaired) electrons. The molecule has 1 heterocycles. The van der Waals surface area contributed by atoms with E-state index in [9.17, 15) is 10.1 Å². The Morgan fingerprint density at radius 3 is 2.77 bits per heavy atom. The summed E-state index contributed by atoms with van der Waals surface area (Å²) in [6.07, 6.45) is 1.62. The molecule has 0 fully saturated rings. The van der Waals surface area contributed by atoms with Crippen molar-refractivity contribution < 1.29 is 4.79 Å². The van der Waals surface area contributed by atoms with Crippen LogP contribution in [0, 0.1) is 25.2 Å². The van der Waals surface area contributed by atoms with Crippen molar-refractivity contribution in [2.75, 3.05) is 0 Å². The number of nitrogens with zero attached hydrogens (tertiary/aromatic N) is 1. The molecule has 4 heteroatoms. The van der Waals surface area contributed by atoms with Gasteiger partial charge < -0.3 is 5.32 Å². The lowest BCUT2D eigenvalue weighted by atomic mass is 10.00. The molecule has 1 N–H and O–H groups in total. The summed E-state index contributed by atoms with van der Waals surface area (Å²) in [5.41, 5.74) is 3.47. The van der Waals surface area contributed by atoms with Crippen molar-refractivity contribution in [1.29, 1.82) is 5.26 Å². The zero-order chi connectivity index (χ0) is 16.1. The van der Waals surface area contributed by atoms with E-state index in [0.29, 0.717) is 0 Å². The first-order chi connectivity index (χ1) is 10.5. The number of carbonyl (C=O) groups is 1. The lowest BCUT2D eigenvalue weighted by Gasteiger charge is -2.17. The second-order valence-electron chi connectivity index (χ2n) is 5.24. The Kier molecular flexibility index (Phi) is 5.13. The van der Waals surface area contributed by atoms with Gasteiger partial charge in [0.15, 0.2) is 0 Å². The molecule has 0 aliphatic heterocycles. The fourth-order valence-electron chi connectivity index (χ4n) is 2.24. The van der Waals surface area contributed by atoms with Crippen LogP contribution in [0.4, 0.5) is 0 Å². The van der Waals surface area contributed by atoms with Gasteiger partial charge in [-0.2, -0.15) is 5.26 Å². The second kappa shape index (κ2) is 7.06. The number of thiophene rings is 1. The van der Waals surface area contributed by atoms with Crippen LogP contribution in [0.25, 0.3) is 6.08 Å². The number of carbonyl (C=O) groups excluding carboxylic acids is 1. The van der Waals surface area contributed by atoms with Crippen LogP contribution in [-0.4, -0.2) is 5.91 Å². The predicted octanol–water partition coefficient (Wildman–Crippen LogP) is 4.15. The van der Waals surface area contributed by atoms with Crippen molar-refractivity contribution in [3.8, 4) is 6.07 Å². The van der Waals surface area contributed by atoms with Gasteiger partial charge in [-0.15, -0.1) is 11.3 Å². The Morgan fingerprint density at radius 1 is 1.36 bits per heavy atom. The third kappa shape index (κ3) is 3.84. The molecule has 1 aromatic heterocycles. The smallest absolute Gasteiger partial charge is 0.262 e. The minimum absolute atomic E-state index is 0.125. The fourth-order valence-corrected chi connectivity index (χ4v) is 2.90. The van der Waals surface area contributed by atoms with Gasteiger partial charge in [-0.05, 0) is 49.4 Å². The average molecular weight is 310 g/mol. The molecule has 0 aliphatic rings. The molecule has 0 aliphatic carbocycles. The molecule has 0 bridgehead atoms. The van der Waals surface area contributed by atoms with E-state index in [4.69, 9.17) is 0 Å². The third-order valence-electron chi connectivity index (χ3n) is 3.44. The van der Waals surface area contributed by atoms with E-state index in [0.717, 1.165) is 21.6 Å². The minimum Gasteiger partial charge on any atom is -0.345 e. The van der Waals surface area contributed by atoms with E-state index < -0.39 is 0 Å². The highest BCUT2D eigenvalue weighted by molar-refractivity contribution is 7.10. The van der Waals surface area contributed by atoms with Crippen LogP contribution in [0.2, 0.25) is 0 Å². The molecule has 22 heavy (non-hydrogen) atoms. The van der Waals surface area contributed by atoms with E-state index in [-0.39, 0.29) is 17.5 Å². The first kappa shape index (κ1) is 16.0. The quantitative estimate of drug-likeness (QED) is 0.681. The van der Waals surface area contributed by atoms with Crippen molar-refractivity contribution in [3.63, 3.8) is 0 Å². The summed E-state index contributed by atoms with van der Waals surface area (Å²) in [5, 5.41) is 14.0. The summed E-state index contributed by atoms with van der Waals surface area (Å²) in [5.74, 6) is -0.343. The zero-order valence-electron chi connectivity index (χ0n) is 12.9. The van der Waals surface area contributed by atoms with Gasteiger partial charge in [0.1, 0.15) is 11.6 Å². The summed E-state index contributed by atoms with van der Waals surface area (Å²) < 4.78 is 0. The van der Waals surface area contributed by atoms with Crippen LogP contribution < -0.4 is 5.32 Å². The van der Waals surface area contributed by atoms with Gasteiger partial charge in [0, 0.05) is 4.88 Å². The monoisotopic (exact) mass is 310 g/mol. The highest BCUT2D eigenvalue weighted by atomic mass is 32.1. The zero-order valence-corrected chi connectivity index (χ0v) is 13.7. The van der Waals surface area contributed by atoms with Crippen molar-refractivity contribution >= 4 is 23.3 Å². The van der Waals surface area contributed by atoms with Crippen molar-refractivity contribution in [1.82, 2.24) is 5.32 Å². The molecule has 112 valence electrons. The maximum absolute atomic E-state index is 12.3. The van der Waals surface area contributed by atoms with Crippen LogP contribution in [0.1, 0.15) is 34.5 Å². The first-order valence-electron chi connectivity index (χ1n) is 7.04. The Labute approximate surface area is 134 Å². The van der Waals surface area contributed by atoms with E-state index in [1.54, 1.807) is 6.08 Å². The van der Waals surface area contributed by atoms with Gasteiger partial charge in [0.25, 0.3) is 5.91 Å². The first-order valence-corrected chi connectivity index (χ1v) is 7.92. The summed E-state index contributed by atoms with van der Waals surface area (Å²) in [6, 6.07) is 11.8. The highest BCUT2D eigenvalue weighted by Crippen LogP contribution is 2.20. The molecule has 1 amide bonds. The summed E-state index contributed by atoms with van der Waals surface area (Å²) in [7, 11) is 0. The van der Waals surface area contributed by atoms with Gasteiger partial charge >= 0.3 is 0 Å². The molecule has 2 rings (SSSR count). The Morgan fingerprint density at radius 2 is 2.14 bits per heavy atom. The minimum atomic E-state index is -0.343. The van der Waals surface area contributed by atoms with E-state index in [1.807, 2.05) is 56.5 Å². The lowest BCUT2D eigenvalue weighted by molar-refractivity contribution is -0.117. The van der Waals surface area contributed by atoms with Gasteiger partial charge in [0.05, 0.1) is 6.04 Å². The van der Waals surface area contributed by atoms with Gasteiger partial charge in [0.2, 0.25) is 0 Å². The molecule has 1 unspecified atom stereocenters. The predicted molar refractivity (Wildman–Crippen MR) is 90.4 cm³/mol. The van der Waals surface area contributed by atoms with Gasteiger partial charge in [-0.1, -0.05) is 29.8 Å². The van der Waals surface area contributed by atoms with Crippen LogP contribution in [0.5, 0.6) is 0 Å². The SMILES string of the molecule is Cc1ccc(C)c(C(C)NC(=O)C(C#N)=Cc2cccs2)c1. The van der Waals surface area contributed by atoms with Gasteiger partial charge in [-0.25, -0.2) is 0 Å². The largest absolute Gasteiger partial charge is 0.345 e. The lowest BCUT2D eigenvalue weighted by Crippen LogP contribution is -2.28. The maximum Gasteiger partial charge on any atom is 0.262 e. The topological polar surface area (TPSA) is 52.9 Å². The van der Waals surface area contributed by atoms with Crippen LogP contribution >= 0.6 is 11.3 Å². The summed E-state index contributed by atoms with van der Waals surface area (Å²) in [4.78, 5) is 13.2. The van der Waals surface area contributed by atoms with Gasteiger partial charge in [-0.3, -0.25) is 4.79 Å². The number of hydrogen-bond acceptors (Lipinski definition) is 3. The molecular formula is C18H18N2OS. The molecule has 0 saturated heterocycles. The number of benzene rings is 1. The average Bonchev–Trinajstić information content (AvgIpc) is 3.00. The number of amides is 1. The van der Waals surface area contributed by atoms with Crippen LogP contribution in [0.3, 0.4) is 0 Å². The van der Waals surface area contributed by atoms with E-state index >= 15 is 0 Å². The van der Waals surface area contributed by atoms with Crippen LogP contribution in [-0.2, 0) is 4.79 Å². The Hall–Kier alpha value is -2.38. The highest BCUT2D eigenvalue weighted by Gasteiger charge is 2.15. The maximum atomic E-state index is 12.3. The normalized spacial score (nSPS) is 12.5. The molecule has 0 saturated carbocycles. The molecule has 2 aromatic rings. The number of hydrogen-bond donors (Lipinski definition) is 1. The van der Waals surface area contributed by atoms with E-state index in [1.165, 1.54) is 11.3 Å². The molecule has 1 aromatic carbocycles. The third-order valence-corrected chi connectivity index (χ3v) is 4.26. The number of nitrogens with one attached hydrogen (secondary N) is 1. The standard InChI is InChI=1S/C18H18N2OS/c1-12-6-7-13(2)17(9-12)14(3)20-18(21)15(11-19)10-16-5-4-8-22-16/h4-10,14H,1-3H3,(H,20,21). The molecular weight excluding hydrogens is 292 g/mol. The summed E-state index contributed by atoms with van der Waals surface area (Å²) in [6.45, 7) is 5.97. The van der Waals surface area contributed by atoms with E-state index in [2.05, 4.69) is 11.4 Å². The number of nitriles is 1. The molecule has 1 atom stereocenters. The summed E-state index contributed by atoms with van der Waals surface area (Å²) >= 11 is 1.50. The number of aryl methyl sites for hydroxylation is 2. The second-order valence-corrected chi connectivity index (χ2v) is 6.22. The Balaban J connectivity index is 2.17. The van der Waals surface area contributed by atoms with Crippen LogP contribution in [0.15, 0.2) is 41.3 Å². The Bertz CT molecular complexity index is 739.